The van der Waals surface area contributed by atoms with Crippen molar-refractivity contribution < 1.29 is 9.15 Å². The zero-order valence-electron chi connectivity index (χ0n) is 15.1. The van der Waals surface area contributed by atoms with Crippen LogP contribution in [0, 0.1) is 0 Å². The van der Waals surface area contributed by atoms with Crippen LogP contribution in [-0.4, -0.2) is 20.9 Å². The van der Waals surface area contributed by atoms with Gasteiger partial charge in [0.25, 0.3) is 0 Å². The van der Waals surface area contributed by atoms with E-state index in [-0.39, 0.29) is 0 Å². The van der Waals surface area contributed by atoms with Gasteiger partial charge in [-0.25, -0.2) is 0 Å². The molecule has 0 fully saturated rings. The first-order valence-electron chi connectivity index (χ1n) is 9.00. The SMILES string of the molecule is CCCCCSc1nnc2c(n1)O[C@H](c1cc(Br)c(Br)o1)Nc1ccccc1-2. The molecule has 3 heterocycles. The maximum atomic E-state index is 6.19. The second kappa shape index (κ2) is 8.84. The minimum atomic E-state index is -0.542. The van der Waals surface area contributed by atoms with Crippen LogP contribution >= 0.6 is 43.6 Å². The number of para-hydroxylation sites is 1. The number of thioether (sulfide) groups is 1. The summed E-state index contributed by atoms with van der Waals surface area (Å²) in [5, 5.41) is 12.7. The molecule has 4 rings (SSSR count). The highest BCUT2D eigenvalue weighted by atomic mass is 79.9. The number of nitrogens with one attached hydrogen (secondary N) is 1. The van der Waals surface area contributed by atoms with Gasteiger partial charge in [0.05, 0.1) is 4.47 Å². The van der Waals surface area contributed by atoms with Gasteiger partial charge in [-0.15, -0.1) is 10.2 Å². The van der Waals surface area contributed by atoms with Crippen LogP contribution in [0.5, 0.6) is 5.88 Å². The van der Waals surface area contributed by atoms with Crippen molar-refractivity contribution in [1.29, 1.82) is 0 Å². The van der Waals surface area contributed by atoms with Crippen molar-refractivity contribution in [2.75, 3.05) is 11.1 Å². The second-order valence-corrected chi connectivity index (χ2v) is 8.90. The van der Waals surface area contributed by atoms with Crippen LogP contribution in [0.4, 0.5) is 5.69 Å². The Kier molecular flexibility index (Phi) is 6.22. The van der Waals surface area contributed by atoms with Gasteiger partial charge in [-0.2, -0.15) is 4.98 Å². The largest absolute Gasteiger partial charge is 0.447 e. The number of halogens is 2. The van der Waals surface area contributed by atoms with E-state index in [1.54, 1.807) is 11.8 Å². The van der Waals surface area contributed by atoms with Crippen LogP contribution in [0.3, 0.4) is 0 Å². The zero-order valence-corrected chi connectivity index (χ0v) is 19.1. The fraction of sp³-hybridized carbons (Fsp3) is 0.316. The Bertz CT molecular complexity index is 963. The molecule has 1 aromatic carbocycles. The van der Waals surface area contributed by atoms with Crippen LogP contribution < -0.4 is 10.1 Å². The molecule has 146 valence electrons. The normalized spacial score (nSPS) is 15.2. The Morgan fingerprint density at radius 3 is 2.82 bits per heavy atom. The van der Waals surface area contributed by atoms with E-state index < -0.39 is 6.23 Å². The van der Waals surface area contributed by atoms with Crippen LogP contribution in [0.25, 0.3) is 11.3 Å². The summed E-state index contributed by atoms with van der Waals surface area (Å²) in [5.41, 5.74) is 2.40. The molecular formula is C19H18Br2N4O2S. The lowest BCUT2D eigenvalue weighted by atomic mass is 10.1. The maximum absolute atomic E-state index is 6.19. The summed E-state index contributed by atoms with van der Waals surface area (Å²) >= 11 is 8.43. The molecule has 9 heteroatoms. The highest BCUT2D eigenvalue weighted by molar-refractivity contribution is 9.13. The molecule has 28 heavy (non-hydrogen) atoms. The maximum Gasteiger partial charge on any atom is 0.247 e. The molecule has 6 nitrogen and oxygen atoms in total. The molecule has 0 saturated heterocycles. The van der Waals surface area contributed by atoms with Crippen molar-refractivity contribution in [3.8, 4) is 17.1 Å². The highest BCUT2D eigenvalue weighted by Gasteiger charge is 2.28. The van der Waals surface area contributed by atoms with Crippen molar-refractivity contribution in [1.82, 2.24) is 15.2 Å². The molecule has 0 unspecified atom stereocenters. The lowest BCUT2D eigenvalue weighted by Gasteiger charge is -2.16. The summed E-state index contributed by atoms with van der Waals surface area (Å²) in [5.74, 6) is 2.03. The van der Waals surface area contributed by atoms with Crippen molar-refractivity contribution in [2.45, 2.75) is 37.6 Å². The minimum Gasteiger partial charge on any atom is -0.447 e. The van der Waals surface area contributed by atoms with E-state index in [0.717, 1.165) is 27.9 Å². The zero-order chi connectivity index (χ0) is 19.5. The molecule has 2 aromatic heterocycles. The number of fused-ring (bicyclic) bond motifs is 3. The summed E-state index contributed by atoms with van der Waals surface area (Å²) in [4.78, 5) is 4.64. The van der Waals surface area contributed by atoms with Crippen molar-refractivity contribution in [3.05, 3.63) is 45.2 Å². The summed E-state index contributed by atoms with van der Waals surface area (Å²) in [6.07, 6.45) is 2.97. The van der Waals surface area contributed by atoms with Crippen LogP contribution in [0.15, 0.2) is 49.0 Å². The molecule has 0 saturated carbocycles. The van der Waals surface area contributed by atoms with Gasteiger partial charge in [-0.1, -0.05) is 49.7 Å². The number of ether oxygens (including phenoxy) is 1. The second-order valence-electron chi connectivity index (χ2n) is 6.26. The third kappa shape index (κ3) is 4.21. The van der Waals surface area contributed by atoms with E-state index in [1.165, 1.54) is 12.8 Å². The molecule has 0 radical (unpaired) electrons. The Balaban J connectivity index is 1.69. The smallest absolute Gasteiger partial charge is 0.247 e. The first-order valence-corrected chi connectivity index (χ1v) is 11.6. The number of anilines is 1. The van der Waals surface area contributed by atoms with Crippen LogP contribution in [0.2, 0.25) is 0 Å². The predicted molar refractivity (Wildman–Crippen MR) is 117 cm³/mol. The first kappa shape index (κ1) is 19.7. The van der Waals surface area contributed by atoms with Gasteiger partial charge in [-0.3, -0.25) is 0 Å². The lowest BCUT2D eigenvalue weighted by Crippen LogP contribution is -2.16. The van der Waals surface area contributed by atoms with E-state index in [2.05, 4.69) is 59.3 Å². The fourth-order valence-electron chi connectivity index (χ4n) is 2.85. The number of furan rings is 1. The highest BCUT2D eigenvalue weighted by Crippen LogP contribution is 2.41. The predicted octanol–water partition coefficient (Wildman–Crippen LogP) is 6.44. The molecule has 1 atom stereocenters. The van der Waals surface area contributed by atoms with Gasteiger partial charge in [0.15, 0.2) is 16.1 Å². The van der Waals surface area contributed by atoms with Crippen molar-refractivity contribution in [3.63, 3.8) is 0 Å². The molecule has 0 spiro atoms. The van der Waals surface area contributed by atoms with Gasteiger partial charge in [0.1, 0.15) is 0 Å². The number of nitrogens with zero attached hydrogens (tertiary/aromatic N) is 3. The third-order valence-electron chi connectivity index (χ3n) is 4.24. The first-order chi connectivity index (χ1) is 13.7. The van der Waals surface area contributed by atoms with E-state index in [0.29, 0.717) is 27.2 Å². The average Bonchev–Trinajstić information content (AvgIpc) is 2.95. The number of hydrogen-bond donors (Lipinski definition) is 1. The molecule has 1 N–H and O–H groups in total. The van der Waals surface area contributed by atoms with E-state index in [4.69, 9.17) is 9.15 Å². The van der Waals surface area contributed by atoms with Crippen LogP contribution in [-0.2, 0) is 0 Å². The van der Waals surface area contributed by atoms with Gasteiger partial charge < -0.3 is 14.5 Å². The van der Waals surface area contributed by atoms with E-state index in [9.17, 15) is 0 Å². The van der Waals surface area contributed by atoms with Crippen molar-refractivity contribution >= 4 is 49.3 Å². The summed E-state index contributed by atoms with van der Waals surface area (Å²) in [6, 6.07) is 9.74. The molecule has 0 amide bonds. The molecule has 1 aliphatic rings. The number of unbranched alkanes of at least 4 members (excludes halogenated alkanes) is 2. The van der Waals surface area contributed by atoms with Crippen molar-refractivity contribution in [2.24, 2.45) is 0 Å². The van der Waals surface area contributed by atoms with Gasteiger partial charge >= 0.3 is 0 Å². The lowest BCUT2D eigenvalue weighted by molar-refractivity contribution is 0.194. The summed E-state index contributed by atoms with van der Waals surface area (Å²) in [7, 11) is 0. The molecular weight excluding hydrogens is 508 g/mol. The Labute approximate surface area is 184 Å². The summed E-state index contributed by atoms with van der Waals surface area (Å²) < 4.78 is 13.4. The minimum absolute atomic E-state index is 0.444. The fourth-order valence-corrected chi connectivity index (χ4v) is 4.23. The Morgan fingerprint density at radius 1 is 1.18 bits per heavy atom. The quantitative estimate of drug-likeness (QED) is 0.293. The molecule has 0 aliphatic carbocycles. The van der Waals surface area contributed by atoms with Gasteiger partial charge in [-0.05, 0) is 44.3 Å². The Hall–Kier alpha value is -1.58. The Morgan fingerprint density at radius 2 is 2.04 bits per heavy atom. The monoisotopic (exact) mass is 524 g/mol. The van der Waals surface area contributed by atoms with Crippen LogP contribution in [0.1, 0.15) is 38.2 Å². The standard InChI is InChI=1S/C19H18Br2N4O2S/c1-2-3-6-9-28-19-23-18-15(24-25-19)11-7-4-5-8-13(11)22-17(27-18)14-10-12(20)16(21)26-14/h4-5,7-8,10,17,22H,2-3,6,9H2,1H3/t17-/m1/s1. The van der Waals surface area contributed by atoms with Gasteiger partial charge in [0, 0.05) is 23.1 Å². The van der Waals surface area contributed by atoms with E-state index >= 15 is 0 Å². The third-order valence-corrected chi connectivity index (χ3v) is 6.87. The molecule has 1 aliphatic heterocycles. The molecule has 0 bridgehead atoms. The van der Waals surface area contributed by atoms with Gasteiger partial charge in [0.2, 0.25) is 17.3 Å². The molecule has 3 aromatic rings. The number of benzene rings is 1. The average molecular weight is 526 g/mol. The number of rotatable bonds is 6. The number of aromatic nitrogens is 3. The topological polar surface area (TPSA) is 73.1 Å². The summed E-state index contributed by atoms with van der Waals surface area (Å²) in [6.45, 7) is 2.19. The van der Waals surface area contributed by atoms with E-state index in [1.807, 2.05) is 30.3 Å². The number of hydrogen-bond acceptors (Lipinski definition) is 7.